The van der Waals surface area contributed by atoms with Crippen molar-refractivity contribution >= 4 is 5.97 Å². The maximum absolute atomic E-state index is 10.3. The van der Waals surface area contributed by atoms with E-state index in [4.69, 9.17) is 5.11 Å². The minimum absolute atomic E-state index is 0.334. The Balaban J connectivity index is 3.36. The van der Waals surface area contributed by atoms with Gasteiger partial charge in [0.25, 0.3) is 0 Å². The van der Waals surface area contributed by atoms with E-state index in [0.29, 0.717) is 6.42 Å². The highest BCUT2D eigenvalue weighted by molar-refractivity contribution is 5.66. The summed E-state index contributed by atoms with van der Waals surface area (Å²) >= 11 is 0. The zero-order valence-electron chi connectivity index (χ0n) is 12.0. The zero-order valence-corrected chi connectivity index (χ0v) is 12.0. The molecule has 0 aromatic carbocycles. The summed E-state index contributed by atoms with van der Waals surface area (Å²) in [7, 11) is 0. The molecular formula is C15H30O2. The van der Waals surface area contributed by atoms with E-state index >= 15 is 0 Å². The molecule has 2 nitrogen and oxygen atoms in total. The predicted octanol–water partition coefficient (Wildman–Crippen LogP) is 4.73. The lowest BCUT2D eigenvalue weighted by Crippen LogP contribution is -2.14. The van der Waals surface area contributed by atoms with Crippen LogP contribution in [-0.4, -0.2) is 11.1 Å². The molecule has 0 aromatic heterocycles. The highest BCUT2D eigenvalue weighted by atomic mass is 16.4. The molecule has 0 fully saturated rings. The molecule has 0 spiro atoms. The number of carboxylic acids is 1. The van der Waals surface area contributed by atoms with E-state index in [9.17, 15) is 4.79 Å². The van der Waals surface area contributed by atoms with Crippen molar-refractivity contribution in [3.63, 3.8) is 0 Å². The third-order valence-electron chi connectivity index (χ3n) is 4.00. The van der Waals surface area contributed by atoms with Gasteiger partial charge >= 0.3 is 5.97 Å². The van der Waals surface area contributed by atoms with Gasteiger partial charge in [-0.05, 0) is 24.2 Å². The Bertz CT molecular complexity index is 199. The van der Waals surface area contributed by atoms with Crippen LogP contribution in [0.5, 0.6) is 0 Å². The molecule has 0 amide bonds. The van der Waals surface area contributed by atoms with Crippen LogP contribution in [0.2, 0.25) is 0 Å². The molecule has 2 atom stereocenters. The first kappa shape index (κ1) is 16.5. The summed E-state index contributed by atoms with van der Waals surface area (Å²) in [5.74, 6) is 1.74. The van der Waals surface area contributed by atoms with E-state index in [1.807, 2.05) is 0 Å². The van der Waals surface area contributed by atoms with Gasteiger partial charge in [0.05, 0.1) is 0 Å². The molecule has 0 rings (SSSR count). The Kier molecular flexibility index (Phi) is 9.20. The molecule has 0 bridgehead atoms. The molecule has 0 aromatic rings. The van der Waals surface area contributed by atoms with E-state index in [1.165, 1.54) is 25.7 Å². The molecule has 0 aliphatic carbocycles. The van der Waals surface area contributed by atoms with Crippen LogP contribution in [0.1, 0.15) is 72.6 Å². The molecule has 0 aliphatic heterocycles. The summed E-state index contributed by atoms with van der Waals surface area (Å²) in [6.45, 7) is 9.30. The fourth-order valence-corrected chi connectivity index (χ4v) is 2.19. The second kappa shape index (κ2) is 9.49. The molecule has 2 unspecified atom stereocenters. The molecule has 17 heavy (non-hydrogen) atoms. The van der Waals surface area contributed by atoms with Crippen molar-refractivity contribution in [2.45, 2.75) is 72.6 Å². The lowest BCUT2D eigenvalue weighted by Gasteiger charge is -2.23. The maximum Gasteiger partial charge on any atom is 0.303 e. The van der Waals surface area contributed by atoms with Gasteiger partial charge in [0.15, 0.2) is 0 Å². The first-order valence-corrected chi connectivity index (χ1v) is 7.17. The third kappa shape index (κ3) is 9.20. The van der Waals surface area contributed by atoms with Gasteiger partial charge in [0, 0.05) is 6.42 Å². The highest BCUT2D eigenvalue weighted by Crippen LogP contribution is 2.24. The average molecular weight is 242 g/mol. The summed E-state index contributed by atoms with van der Waals surface area (Å²) in [6, 6.07) is 0. The standard InChI is InChI=1S/C15H30O2/c1-12(2)14(4)13(3)10-8-6-5-7-9-11-15(16)17/h12-14H,5-11H2,1-4H3,(H,16,17). The Morgan fingerprint density at radius 3 is 2.00 bits per heavy atom. The monoisotopic (exact) mass is 242 g/mol. The number of hydrogen-bond donors (Lipinski definition) is 1. The van der Waals surface area contributed by atoms with Gasteiger partial charge in [0.2, 0.25) is 0 Å². The number of carbonyl (C=O) groups is 1. The van der Waals surface area contributed by atoms with Crippen molar-refractivity contribution < 1.29 is 9.90 Å². The second-order valence-corrected chi connectivity index (χ2v) is 5.78. The normalized spacial score (nSPS) is 14.9. The van der Waals surface area contributed by atoms with Crippen LogP contribution in [0.4, 0.5) is 0 Å². The lowest BCUT2D eigenvalue weighted by molar-refractivity contribution is -0.137. The SMILES string of the molecule is CC(C)C(C)C(C)CCCCCCCC(=O)O. The Labute approximate surface area is 107 Å². The van der Waals surface area contributed by atoms with Crippen LogP contribution < -0.4 is 0 Å². The third-order valence-corrected chi connectivity index (χ3v) is 4.00. The number of aliphatic carboxylic acids is 1. The number of hydrogen-bond acceptors (Lipinski definition) is 1. The van der Waals surface area contributed by atoms with E-state index in [-0.39, 0.29) is 0 Å². The minimum Gasteiger partial charge on any atom is -0.481 e. The van der Waals surface area contributed by atoms with Crippen LogP contribution in [0, 0.1) is 17.8 Å². The summed E-state index contributed by atoms with van der Waals surface area (Å²) in [4.78, 5) is 10.3. The largest absolute Gasteiger partial charge is 0.481 e. The van der Waals surface area contributed by atoms with Crippen LogP contribution in [0.25, 0.3) is 0 Å². The fraction of sp³-hybridized carbons (Fsp3) is 0.933. The first-order valence-electron chi connectivity index (χ1n) is 7.17. The van der Waals surface area contributed by atoms with E-state index in [1.54, 1.807) is 0 Å². The van der Waals surface area contributed by atoms with Crippen LogP contribution in [-0.2, 0) is 4.79 Å². The molecule has 0 aliphatic rings. The smallest absolute Gasteiger partial charge is 0.303 e. The quantitative estimate of drug-likeness (QED) is 0.562. The molecule has 2 heteroatoms. The minimum atomic E-state index is -0.663. The van der Waals surface area contributed by atoms with E-state index in [2.05, 4.69) is 27.7 Å². The van der Waals surface area contributed by atoms with Crippen molar-refractivity contribution in [3.05, 3.63) is 0 Å². The molecule has 0 saturated heterocycles. The molecular weight excluding hydrogens is 212 g/mol. The zero-order chi connectivity index (χ0) is 13.3. The van der Waals surface area contributed by atoms with E-state index < -0.39 is 5.97 Å². The summed E-state index contributed by atoms with van der Waals surface area (Å²) in [5, 5.41) is 8.50. The highest BCUT2D eigenvalue weighted by Gasteiger charge is 2.14. The van der Waals surface area contributed by atoms with Crippen molar-refractivity contribution in [3.8, 4) is 0 Å². The maximum atomic E-state index is 10.3. The first-order chi connectivity index (χ1) is 7.95. The summed E-state index contributed by atoms with van der Waals surface area (Å²) in [6.07, 6.45) is 7.31. The lowest BCUT2D eigenvalue weighted by atomic mass is 9.83. The molecule has 0 radical (unpaired) electrons. The molecule has 102 valence electrons. The fourth-order valence-electron chi connectivity index (χ4n) is 2.19. The Hall–Kier alpha value is -0.530. The number of unbranched alkanes of at least 4 members (excludes halogenated alkanes) is 4. The predicted molar refractivity (Wildman–Crippen MR) is 73.1 cm³/mol. The van der Waals surface area contributed by atoms with Crippen molar-refractivity contribution in [2.24, 2.45) is 17.8 Å². The van der Waals surface area contributed by atoms with Crippen LogP contribution in [0.3, 0.4) is 0 Å². The van der Waals surface area contributed by atoms with Crippen molar-refractivity contribution in [1.29, 1.82) is 0 Å². The molecule has 0 heterocycles. The number of carboxylic acid groups (broad SMARTS) is 1. The van der Waals surface area contributed by atoms with Gasteiger partial charge in [-0.2, -0.15) is 0 Å². The molecule has 0 saturated carbocycles. The van der Waals surface area contributed by atoms with Gasteiger partial charge in [0.1, 0.15) is 0 Å². The van der Waals surface area contributed by atoms with Gasteiger partial charge in [-0.1, -0.05) is 59.8 Å². The van der Waals surface area contributed by atoms with Crippen molar-refractivity contribution in [2.75, 3.05) is 0 Å². The van der Waals surface area contributed by atoms with E-state index in [0.717, 1.165) is 30.6 Å². The Morgan fingerprint density at radius 2 is 1.47 bits per heavy atom. The van der Waals surface area contributed by atoms with Gasteiger partial charge in [-0.25, -0.2) is 0 Å². The summed E-state index contributed by atoms with van der Waals surface area (Å²) < 4.78 is 0. The van der Waals surface area contributed by atoms with Crippen LogP contribution >= 0.6 is 0 Å². The topological polar surface area (TPSA) is 37.3 Å². The van der Waals surface area contributed by atoms with Gasteiger partial charge in [-0.3, -0.25) is 4.79 Å². The van der Waals surface area contributed by atoms with Gasteiger partial charge < -0.3 is 5.11 Å². The van der Waals surface area contributed by atoms with Crippen LogP contribution in [0.15, 0.2) is 0 Å². The average Bonchev–Trinajstić information content (AvgIpc) is 2.25. The van der Waals surface area contributed by atoms with Gasteiger partial charge in [-0.15, -0.1) is 0 Å². The summed E-state index contributed by atoms with van der Waals surface area (Å²) in [5.41, 5.74) is 0. The van der Waals surface area contributed by atoms with Crippen molar-refractivity contribution in [1.82, 2.24) is 0 Å². The molecule has 1 N–H and O–H groups in total. The Morgan fingerprint density at radius 1 is 0.941 bits per heavy atom. The second-order valence-electron chi connectivity index (χ2n) is 5.78. The number of rotatable bonds is 10.